The molecule has 1 aromatic rings. The molecule has 0 radical (unpaired) electrons. The molecule has 1 aromatic carbocycles. The highest BCUT2D eigenvalue weighted by Crippen LogP contribution is 2.23. The second-order valence-corrected chi connectivity index (χ2v) is 4.31. The van der Waals surface area contributed by atoms with Crippen molar-refractivity contribution in [2.75, 3.05) is 20.3 Å². The van der Waals surface area contributed by atoms with Gasteiger partial charge in [-0.05, 0) is 24.6 Å². The van der Waals surface area contributed by atoms with Gasteiger partial charge in [0, 0.05) is 24.7 Å². The number of halogens is 2. The summed E-state index contributed by atoms with van der Waals surface area (Å²) >= 11 is 5.93. The third kappa shape index (κ3) is 4.60. The van der Waals surface area contributed by atoms with Crippen LogP contribution >= 0.6 is 11.6 Å². The molecular formula is C12H17ClFNO2. The quantitative estimate of drug-likeness (QED) is 0.824. The summed E-state index contributed by atoms with van der Waals surface area (Å²) in [5, 5.41) is 13.0. The minimum Gasteiger partial charge on any atom is -0.389 e. The minimum atomic E-state index is -0.568. The highest BCUT2D eigenvalue weighted by atomic mass is 35.5. The Hall–Kier alpha value is -0.680. The predicted octanol–water partition coefficient (Wildman–Crippen LogP) is 2.14. The first-order valence-corrected chi connectivity index (χ1v) is 5.77. The lowest BCUT2D eigenvalue weighted by Gasteiger charge is -2.18. The van der Waals surface area contributed by atoms with Crippen LogP contribution in [0.4, 0.5) is 4.39 Å². The first-order valence-electron chi connectivity index (χ1n) is 5.40. The third-order valence-corrected chi connectivity index (χ3v) is 2.78. The second-order valence-electron chi connectivity index (χ2n) is 3.90. The van der Waals surface area contributed by atoms with E-state index in [2.05, 4.69) is 5.32 Å². The van der Waals surface area contributed by atoms with Crippen LogP contribution in [-0.4, -0.2) is 31.5 Å². The van der Waals surface area contributed by atoms with E-state index in [0.717, 1.165) is 5.56 Å². The average molecular weight is 262 g/mol. The van der Waals surface area contributed by atoms with Gasteiger partial charge in [-0.25, -0.2) is 4.39 Å². The Kier molecular flexibility index (Phi) is 5.85. The molecule has 5 heteroatoms. The summed E-state index contributed by atoms with van der Waals surface area (Å²) in [7, 11) is 1.53. The van der Waals surface area contributed by atoms with Gasteiger partial charge < -0.3 is 15.2 Å². The molecule has 0 fully saturated rings. The second kappa shape index (κ2) is 6.91. The molecule has 2 unspecified atom stereocenters. The topological polar surface area (TPSA) is 41.5 Å². The summed E-state index contributed by atoms with van der Waals surface area (Å²) in [5.41, 5.74) is 0.803. The molecule has 0 spiro atoms. The Morgan fingerprint density at radius 1 is 1.53 bits per heavy atom. The molecule has 0 aromatic heterocycles. The number of aliphatic hydroxyl groups is 1. The minimum absolute atomic E-state index is 0.0605. The number of rotatable bonds is 6. The van der Waals surface area contributed by atoms with Crippen LogP contribution in [0.2, 0.25) is 5.02 Å². The monoisotopic (exact) mass is 261 g/mol. The molecule has 0 saturated carbocycles. The van der Waals surface area contributed by atoms with E-state index in [1.165, 1.54) is 19.2 Å². The maximum absolute atomic E-state index is 12.9. The number of hydrogen-bond acceptors (Lipinski definition) is 3. The van der Waals surface area contributed by atoms with E-state index in [4.69, 9.17) is 16.3 Å². The van der Waals surface area contributed by atoms with Crippen molar-refractivity contribution in [2.45, 2.75) is 19.1 Å². The molecule has 0 aliphatic carbocycles. The molecule has 3 nitrogen and oxygen atoms in total. The summed E-state index contributed by atoms with van der Waals surface area (Å²) in [5.74, 6) is -0.356. The van der Waals surface area contributed by atoms with Crippen LogP contribution in [0.25, 0.3) is 0 Å². The van der Waals surface area contributed by atoms with Gasteiger partial charge in [0.25, 0.3) is 0 Å². The summed E-state index contributed by atoms with van der Waals surface area (Å²) < 4.78 is 17.7. The number of hydrogen-bond donors (Lipinski definition) is 2. The molecule has 0 saturated heterocycles. The third-order valence-electron chi connectivity index (χ3n) is 2.45. The van der Waals surface area contributed by atoms with Crippen molar-refractivity contribution in [1.29, 1.82) is 0 Å². The SMILES string of the molecule is COCC(O)CNC(C)c1ccc(F)cc1Cl. The maximum atomic E-state index is 12.9. The number of methoxy groups -OCH3 is 1. The molecule has 2 N–H and O–H groups in total. The van der Waals surface area contributed by atoms with Crippen LogP contribution in [0.1, 0.15) is 18.5 Å². The lowest BCUT2D eigenvalue weighted by molar-refractivity contribution is 0.0630. The van der Waals surface area contributed by atoms with E-state index < -0.39 is 6.10 Å². The molecule has 0 aliphatic rings. The van der Waals surface area contributed by atoms with E-state index in [9.17, 15) is 9.50 Å². The molecule has 2 atom stereocenters. The Labute approximate surface area is 106 Å². The fraction of sp³-hybridized carbons (Fsp3) is 0.500. The Bertz CT molecular complexity index is 362. The molecule has 17 heavy (non-hydrogen) atoms. The van der Waals surface area contributed by atoms with E-state index in [1.54, 1.807) is 6.07 Å². The number of ether oxygens (including phenoxy) is 1. The fourth-order valence-electron chi connectivity index (χ4n) is 1.53. The number of nitrogens with one attached hydrogen (secondary N) is 1. The largest absolute Gasteiger partial charge is 0.389 e. The van der Waals surface area contributed by atoms with Crippen LogP contribution in [0.5, 0.6) is 0 Å². The average Bonchev–Trinajstić information content (AvgIpc) is 2.26. The van der Waals surface area contributed by atoms with Crippen molar-refractivity contribution in [2.24, 2.45) is 0 Å². The van der Waals surface area contributed by atoms with Crippen LogP contribution in [0.3, 0.4) is 0 Å². The van der Waals surface area contributed by atoms with Gasteiger partial charge in [0.2, 0.25) is 0 Å². The normalized spacial score (nSPS) is 14.6. The van der Waals surface area contributed by atoms with Crippen molar-refractivity contribution in [3.63, 3.8) is 0 Å². The zero-order valence-corrected chi connectivity index (χ0v) is 10.7. The smallest absolute Gasteiger partial charge is 0.124 e. The lowest BCUT2D eigenvalue weighted by Crippen LogP contribution is -2.31. The molecule has 96 valence electrons. The van der Waals surface area contributed by atoms with Gasteiger partial charge in [-0.3, -0.25) is 0 Å². The molecule has 1 rings (SSSR count). The van der Waals surface area contributed by atoms with Crippen LogP contribution < -0.4 is 5.32 Å². The summed E-state index contributed by atoms with van der Waals surface area (Å²) in [4.78, 5) is 0. The van der Waals surface area contributed by atoms with E-state index >= 15 is 0 Å². The van der Waals surface area contributed by atoms with Crippen molar-refractivity contribution in [1.82, 2.24) is 5.32 Å². The lowest BCUT2D eigenvalue weighted by atomic mass is 10.1. The number of benzene rings is 1. The van der Waals surface area contributed by atoms with Gasteiger partial charge in [0.1, 0.15) is 5.82 Å². The van der Waals surface area contributed by atoms with Gasteiger partial charge in [0.05, 0.1) is 12.7 Å². The van der Waals surface area contributed by atoms with Gasteiger partial charge in [-0.2, -0.15) is 0 Å². The van der Waals surface area contributed by atoms with E-state index in [0.29, 0.717) is 11.6 Å². The Balaban J connectivity index is 2.54. The van der Waals surface area contributed by atoms with Crippen molar-refractivity contribution in [3.8, 4) is 0 Å². The van der Waals surface area contributed by atoms with Gasteiger partial charge in [-0.1, -0.05) is 17.7 Å². The van der Waals surface area contributed by atoms with Gasteiger partial charge >= 0.3 is 0 Å². The van der Waals surface area contributed by atoms with Crippen molar-refractivity contribution < 1.29 is 14.2 Å². The van der Waals surface area contributed by atoms with Crippen molar-refractivity contribution in [3.05, 3.63) is 34.6 Å². The summed E-state index contributed by atoms with van der Waals surface area (Å²) in [6.45, 7) is 2.57. The fourth-order valence-corrected chi connectivity index (χ4v) is 1.86. The Morgan fingerprint density at radius 2 is 2.24 bits per heavy atom. The highest BCUT2D eigenvalue weighted by molar-refractivity contribution is 6.31. The van der Waals surface area contributed by atoms with Gasteiger partial charge in [-0.15, -0.1) is 0 Å². The summed E-state index contributed by atoms with van der Waals surface area (Å²) in [6.07, 6.45) is -0.568. The predicted molar refractivity (Wildman–Crippen MR) is 65.7 cm³/mol. The maximum Gasteiger partial charge on any atom is 0.124 e. The molecular weight excluding hydrogens is 245 g/mol. The molecule has 0 heterocycles. The standard InChI is InChI=1S/C12H17ClFNO2/c1-8(15-6-10(16)7-17-2)11-4-3-9(14)5-12(11)13/h3-5,8,10,15-16H,6-7H2,1-2H3. The first-order chi connectivity index (χ1) is 8.04. The molecule has 0 bridgehead atoms. The first kappa shape index (κ1) is 14.4. The van der Waals surface area contributed by atoms with Gasteiger partial charge in [0.15, 0.2) is 0 Å². The highest BCUT2D eigenvalue weighted by Gasteiger charge is 2.11. The van der Waals surface area contributed by atoms with Crippen LogP contribution in [-0.2, 0) is 4.74 Å². The zero-order chi connectivity index (χ0) is 12.8. The van der Waals surface area contributed by atoms with E-state index in [1.807, 2.05) is 6.92 Å². The Morgan fingerprint density at radius 3 is 2.82 bits per heavy atom. The molecule has 0 aliphatic heterocycles. The molecule has 0 amide bonds. The van der Waals surface area contributed by atoms with Crippen LogP contribution in [0, 0.1) is 5.82 Å². The van der Waals surface area contributed by atoms with Crippen molar-refractivity contribution >= 4 is 11.6 Å². The summed E-state index contributed by atoms with van der Waals surface area (Å²) in [6, 6.07) is 4.22. The number of aliphatic hydroxyl groups excluding tert-OH is 1. The zero-order valence-electron chi connectivity index (χ0n) is 9.91. The van der Waals surface area contributed by atoms with Crippen LogP contribution in [0.15, 0.2) is 18.2 Å². The van der Waals surface area contributed by atoms with E-state index in [-0.39, 0.29) is 18.5 Å².